The highest BCUT2D eigenvalue weighted by atomic mass is 79.9. The summed E-state index contributed by atoms with van der Waals surface area (Å²) in [7, 11) is 0. The molecule has 2 heteroatoms. The van der Waals surface area contributed by atoms with Crippen molar-refractivity contribution in [3.8, 4) is 0 Å². The number of rotatable bonds is 35. The first-order valence-corrected chi connectivity index (χ1v) is 19.6. The van der Waals surface area contributed by atoms with Gasteiger partial charge in [0, 0.05) is 0 Å². The van der Waals surface area contributed by atoms with Crippen LogP contribution in [0, 0.1) is 0 Å². The van der Waals surface area contributed by atoms with Gasteiger partial charge in [0.15, 0.2) is 0 Å². The van der Waals surface area contributed by atoms with Crippen molar-refractivity contribution in [3.63, 3.8) is 0 Å². The summed E-state index contributed by atoms with van der Waals surface area (Å²) >= 11 is 0. The largest absolute Gasteiger partial charge is 1.00 e. The highest BCUT2D eigenvalue weighted by Gasteiger charge is 2.25. The zero-order valence-electron chi connectivity index (χ0n) is 29.6. The lowest BCUT2D eigenvalue weighted by Crippen LogP contribution is -3.00. The van der Waals surface area contributed by atoms with Crippen LogP contribution in [-0.2, 0) is 0 Å². The third-order valence-electron chi connectivity index (χ3n) is 9.66. The van der Waals surface area contributed by atoms with Gasteiger partial charge < -0.3 is 21.5 Å². The van der Waals surface area contributed by atoms with Gasteiger partial charge in [0.1, 0.15) is 0 Å². The minimum absolute atomic E-state index is 0. The molecular weight excluding hydrogens is 562 g/mol. The Morgan fingerprint density at radius 1 is 0.220 bits per heavy atom. The Morgan fingerprint density at radius 3 is 0.610 bits per heavy atom. The molecule has 0 aliphatic carbocycles. The van der Waals surface area contributed by atoms with Gasteiger partial charge in [-0.2, -0.15) is 0 Å². The van der Waals surface area contributed by atoms with Crippen LogP contribution in [0.1, 0.15) is 227 Å². The molecule has 0 fully saturated rings. The van der Waals surface area contributed by atoms with E-state index in [9.17, 15) is 0 Å². The third-order valence-corrected chi connectivity index (χ3v) is 9.66. The summed E-state index contributed by atoms with van der Waals surface area (Å²) in [6.07, 6.45) is 45.3. The van der Waals surface area contributed by atoms with Crippen molar-refractivity contribution in [3.05, 3.63) is 0 Å². The molecule has 0 bridgehead atoms. The lowest BCUT2D eigenvalue weighted by Gasteiger charge is -2.39. The predicted octanol–water partition coefficient (Wildman–Crippen LogP) is 11.0. The molecule has 0 aromatic rings. The fraction of sp³-hybridized carbons (Fsp3) is 1.00. The number of hydrogen-bond acceptors (Lipinski definition) is 0. The summed E-state index contributed by atoms with van der Waals surface area (Å²) in [5.74, 6) is 0. The summed E-state index contributed by atoms with van der Waals surface area (Å²) in [5, 5.41) is 0. The van der Waals surface area contributed by atoms with Gasteiger partial charge >= 0.3 is 0 Å². The zero-order valence-corrected chi connectivity index (χ0v) is 31.2. The molecule has 0 heterocycles. The van der Waals surface area contributed by atoms with E-state index in [1.807, 2.05) is 0 Å². The van der Waals surface area contributed by atoms with Crippen molar-refractivity contribution in [2.24, 2.45) is 0 Å². The maximum atomic E-state index is 2.45. The molecule has 0 aromatic carbocycles. The van der Waals surface area contributed by atoms with Gasteiger partial charge in [-0.05, 0) is 44.9 Å². The molecule has 0 radical (unpaired) electrons. The zero-order chi connectivity index (χ0) is 29.2. The fourth-order valence-electron chi connectivity index (χ4n) is 6.95. The molecular formula is C39H82BrN. The Labute approximate surface area is 273 Å². The van der Waals surface area contributed by atoms with Crippen molar-refractivity contribution < 1.29 is 21.5 Å². The lowest BCUT2D eigenvalue weighted by molar-refractivity contribution is -0.929. The number of nitrogens with zero attached hydrogens (tertiary/aromatic N) is 1. The molecule has 0 saturated carbocycles. The Bertz CT molecular complexity index is 391. The number of hydrogen-bond donors (Lipinski definition) is 0. The maximum Gasteiger partial charge on any atom is 0.0786 e. The molecule has 0 aliphatic rings. The quantitative estimate of drug-likeness (QED) is 0.0476. The first kappa shape index (κ1) is 43.6. The predicted molar refractivity (Wildman–Crippen MR) is 186 cm³/mol. The van der Waals surface area contributed by atoms with Crippen molar-refractivity contribution >= 4 is 0 Å². The first-order valence-electron chi connectivity index (χ1n) is 19.6. The molecule has 0 spiro atoms. The van der Waals surface area contributed by atoms with E-state index in [2.05, 4.69) is 27.7 Å². The Morgan fingerprint density at radius 2 is 0.415 bits per heavy atom. The van der Waals surface area contributed by atoms with Crippen LogP contribution >= 0.6 is 0 Å². The standard InChI is InChI=1S/C39H82N.BrH/c1-5-9-12-15-18-21-24-27-30-33-37-40(36-8-4,38-34-31-28-25-22-19-16-13-10-6-2)39-35-32-29-26-23-20-17-14-11-7-3;/h5-39H2,1-4H3;1H/q+1;/p-1. The smallest absolute Gasteiger partial charge is 0.0786 e. The van der Waals surface area contributed by atoms with E-state index in [1.165, 1.54) is 230 Å². The second-order valence-electron chi connectivity index (χ2n) is 13.8. The summed E-state index contributed by atoms with van der Waals surface area (Å²) in [4.78, 5) is 0. The summed E-state index contributed by atoms with van der Waals surface area (Å²) in [6.45, 7) is 15.3. The van der Waals surface area contributed by atoms with Gasteiger partial charge in [-0.3, -0.25) is 0 Å². The number of halogens is 1. The van der Waals surface area contributed by atoms with E-state index in [1.54, 1.807) is 0 Å². The highest BCUT2D eigenvalue weighted by Crippen LogP contribution is 2.20. The van der Waals surface area contributed by atoms with Crippen LogP contribution in [0.5, 0.6) is 0 Å². The highest BCUT2D eigenvalue weighted by molar-refractivity contribution is 4.55. The normalized spacial score (nSPS) is 11.7. The number of quaternary nitrogens is 1. The van der Waals surface area contributed by atoms with Gasteiger partial charge in [0.25, 0.3) is 0 Å². The summed E-state index contributed by atoms with van der Waals surface area (Å²) in [5.41, 5.74) is 0. The van der Waals surface area contributed by atoms with Crippen molar-refractivity contribution in [2.75, 3.05) is 26.2 Å². The van der Waals surface area contributed by atoms with Crippen LogP contribution in [-0.4, -0.2) is 30.7 Å². The number of unbranched alkanes of at least 4 members (excludes halogenated alkanes) is 27. The minimum atomic E-state index is 0. The van der Waals surface area contributed by atoms with Crippen molar-refractivity contribution in [1.29, 1.82) is 0 Å². The average Bonchev–Trinajstić information content (AvgIpc) is 2.96. The molecule has 0 aromatic heterocycles. The maximum absolute atomic E-state index is 2.45. The molecule has 0 saturated heterocycles. The molecule has 0 N–H and O–H groups in total. The van der Waals surface area contributed by atoms with Crippen LogP contribution in [0.2, 0.25) is 0 Å². The molecule has 41 heavy (non-hydrogen) atoms. The third kappa shape index (κ3) is 31.7. The summed E-state index contributed by atoms with van der Waals surface area (Å²) < 4.78 is 1.46. The van der Waals surface area contributed by atoms with Crippen molar-refractivity contribution in [1.82, 2.24) is 0 Å². The molecule has 0 rings (SSSR count). The second kappa shape index (κ2) is 36.6. The Balaban J connectivity index is 0. The molecule has 0 unspecified atom stereocenters. The van der Waals surface area contributed by atoms with Gasteiger partial charge in [-0.25, -0.2) is 0 Å². The molecule has 0 aliphatic heterocycles. The van der Waals surface area contributed by atoms with Gasteiger partial charge in [0.05, 0.1) is 26.2 Å². The van der Waals surface area contributed by atoms with E-state index in [0.717, 1.165) is 0 Å². The SMILES string of the molecule is CCCCCCCCCCCC[N+](CCC)(CCCCCCCCCCCC)CCCCCCCCCCCC.[Br-]. The molecule has 0 atom stereocenters. The van der Waals surface area contributed by atoms with Gasteiger partial charge in [-0.1, -0.05) is 182 Å². The molecule has 250 valence electrons. The second-order valence-corrected chi connectivity index (χ2v) is 13.8. The molecule has 0 amide bonds. The first-order chi connectivity index (χ1) is 19.7. The van der Waals surface area contributed by atoms with Crippen molar-refractivity contribution in [2.45, 2.75) is 227 Å². The van der Waals surface area contributed by atoms with E-state index >= 15 is 0 Å². The Hall–Kier alpha value is 0.440. The van der Waals surface area contributed by atoms with Crippen LogP contribution < -0.4 is 17.0 Å². The minimum Gasteiger partial charge on any atom is -1.00 e. The topological polar surface area (TPSA) is 0 Å². The monoisotopic (exact) mass is 644 g/mol. The molecule has 1 nitrogen and oxygen atoms in total. The Kier molecular flexibility index (Phi) is 38.9. The van der Waals surface area contributed by atoms with E-state index in [-0.39, 0.29) is 17.0 Å². The average molecular weight is 645 g/mol. The van der Waals surface area contributed by atoms with Gasteiger partial charge in [0.2, 0.25) is 0 Å². The van der Waals surface area contributed by atoms with Crippen LogP contribution in [0.25, 0.3) is 0 Å². The van der Waals surface area contributed by atoms with Crippen LogP contribution in [0.3, 0.4) is 0 Å². The van der Waals surface area contributed by atoms with Crippen LogP contribution in [0.4, 0.5) is 0 Å². The van der Waals surface area contributed by atoms with E-state index < -0.39 is 0 Å². The van der Waals surface area contributed by atoms with E-state index in [4.69, 9.17) is 0 Å². The lowest BCUT2D eigenvalue weighted by atomic mass is 10.0. The fourth-order valence-corrected chi connectivity index (χ4v) is 6.95. The van der Waals surface area contributed by atoms with Gasteiger partial charge in [-0.15, -0.1) is 0 Å². The summed E-state index contributed by atoms with van der Waals surface area (Å²) in [6, 6.07) is 0. The van der Waals surface area contributed by atoms with E-state index in [0.29, 0.717) is 0 Å². The van der Waals surface area contributed by atoms with Crippen LogP contribution in [0.15, 0.2) is 0 Å².